The van der Waals surface area contributed by atoms with E-state index in [1.807, 2.05) is 0 Å². The molecule has 2 rings (SSSR count). The van der Waals surface area contributed by atoms with Crippen molar-refractivity contribution in [3.8, 4) is 0 Å². The SMILES string of the molecule is O=C(CCNC(=O)c1cc(Cl)ncc1Cl)NC1CC1. The summed E-state index contributed by atoms with van der Waals surface area (Å²) in [6, 6.07) is 1.72. The molecular formula is C12H13Cl2N3O2. The van der Waals surface area contributed by atoms with Gasteiger partial charge in [0.2, 0.25) is 5.91 Å². The standard InChI is InChI=1S/C12H13Cl2N3O2/c13-9-6-16-10(14)5-8(9)12(19)15-4-3-11(18)17-7-1-2-7/h5-7H,1-4H2,(H,15,19)(H,17,18). The van der Waals surface area contributed by atoms with Crippen LogP contribution in [0.2, 0.25) is 10.2 Å². The number of hydrogen-bond donors (Lipinski definition) is 2. The highest BCUT2D eigenvalue weighted by molar-refractivity contribution is 6.35. The molecule has 2 amide bonds. The summed E-state index contributed by atoms with van der Waals surface area (Å²) in [6.07, 6.45) is 3.66. The summed E-state index contributed by atoms with van der Waals surface area (Å²) >= 11 is 11.5. The summed E-state index contributed by atoms with van der Waals surface area (Å²) in [5.41, 5.74) is 0.254. The Labute approximate surface area is 120 Å². The minimum absolute atomic E-state index is 0.0540. The van der Waals surface area contributed by atoms with Crippen LogP contribution >= 0.6 is 23.2 Å². The first-order valence-electron chi connectivity index (χ1n) is 5.95. The Kier molecular flexibility index (Phi) is 4.61. The van der Waals surface area contributed by atoms with Gasteiger partial charge in [0.15, 0.2) is 0 Å². The van der Waals surface area contributed by atoms with E-state index in [2.05, 4.69) is 15.6 Å². The van der Waals surface area contributed by atoms with Crippen LogP contribution in [-0.2, 0) is 4.79 Å². The summed E-state index contributed by atoms with van der Waals surface area (Å²) < 4.78 is 0. The Balaban J connectivity index is 1.80. The van der Waals surface area contributed by atoms with Gasteiger partial charge in [0.05, 0.1) is 10.6 Å². The van der Waals surface area contributed by atoms with Gasteiger partial charge in [-0.25, -0.2) is 4.98 Å². The first-order chi connectivity index (χ1) is 9.06. The first kappa shape index (κ1) is 14.1. The zero-order valence-electron chi connectivity index (χ0n) is 10.1. The van der Waals surface area contributed by atoms with Crippen molar-refractivity contribution in [2.24, 2.45) is 0 Å². The molecule has 0 bridgehead atoms. The van der Waals surface area contributed by atoms with Crippen LogP contribution in [0, 0.1) is 0 Å². The minimum Gasteiger partial charge on any atom is -0.353 e. The maximum Gasteiger partial charge on any atom is 0.252 e. The predicted molar refractivity (Wildman–Crippen MR) is 72.4 cm³/mol. The molecule has 0 radical (unpaired) electrons. The second-order valence-electron chi connectivity index (χ2n) is 4.33. The van der Waals surface area contributed by atoms with Crippen molar-refractivity contribution in [2.75, 3.05) is 6.54 Å². The highest BCUT2D eigenvalue weighted by Gasteiger charge is 2.22. The molecule has 0 aromatic carbocycles. The van der Waals surface area contributed by atoms with Gasteiger partial charge < -0.3 is 10.6 Å². The number of aromatic nitrogens is 1. The lowest BCUT2D eigenvalue weighted by Crippen LogP contribution is -2.31. The van der Waals surface area contributed by atoms with Crippen LogP contribution in [0.25, 0.3) is 0 Å². The molecule has 1 heterocycles. The number of amides is 2. The number of rotatable bonds is 5. The molecule has 1 fully saturated rings. The number of carbonyl (C=O) groups excluding carboxylic acids is 2. The fourth-order valence-electron chi connectivity index (χ4n) is 1.50. The van der Waals surface area contributed by atoms with Gasteiger partial charge in [-0.1, -0.05) is 23.2 Å². The van der Waals surface area contributed by atoms with Crippen molar-refractivity contribution >= 4 is 35.0 Å². The molecule has 0 atom stereocenters. The van der Waals surface area contributed by atoms with Gasteiger partial charge in [-0.15, -0.1) is 0 Å². The highest BCUT2D eigenvalue weighted by atomic mass is 35.5. The summed E-state index contributed by atoms with van der Waals surface area (Å²) in [6.45, 7) is 0.258. The summed E-state index contributed by atoms with van der Waals surface area (Å²) in [5, 5.41) is 5.88. The number of pyridine rings is 1. The number of nitrogens with one attached hydrogen (secondary N) is 2. The highest BCUT2D eigenvalue weighted by Crippen LogP contribution is 2.19. The van der Waals surface area contributed by atoms with Crippen LogP contribution in [0.3, 0.4) is 0 Å². The average Bonchev–Trinajstić information content (AvgIpc) is 3.16. The van der Waals surface area contributed by atoms with Crippen molar-refractivity contribution < 1.29 is 9.59 Å². The topological polar surface area (TPSA) is 71.1 Å². The molecule has 1 aliphatic rings. The lowest BCUT2D eigenvalue weighted by Gasteiger charge is -2.07. The number of hydrogen-bond acceptors (Lipinski definition) is 3. The molecule has 0 unspecified atom stereocenters. The van der Waals surface area contributed by atoms with Crippen molar-refractivity contribution in [1.29, 1.82) is 0 Å². The van der Waals surface area contributed by atoms with Gasteiger partial charge in [-0.2, -0.15) is 0 Å². The van der Waals surface area contributed by atoms with E-state index in [0.29, 0.717) is 6.04 Å². The molecule has 1 aromatic heterocycles. The average molecular weight is 302 g/mol. The smallest absolute Gasteiger partial charge is 0.252 e. The van der Waals surface area contributed by atoms with E-state index in [9.17, 15) is 9.59 Å². The van der Waals surface area contributed by atoms with E-state index in [-0.39, 0.29) is 40.5 Å². The van der Waals surface area contributed by atoms with Crippen LogP contribution in [0.5, 0.6) is 0 Å². The Morgan fingerprint density at radius 2 is 2.11 bits per heavy atom. The normalized spacial score (nSPS) is 14.0. The Morgan fingerprint density at radius 3 is 2.79 bits per heavy atom. The summed E-state index contributed by atoms with van der Waals surface area (Å²) in [7, 11) is 0. The van der Waals surface area contributed by atoms with Crippen LogP contribution in [0.4, 0.5) is 0 Å². The monoisotopic (exact) mass is 301 g/mol. The van der Waals surface area contributed by atoms with Crippen molar-refractivity contribution in [3.63, 3.8) is 0 Å². The zero-order chi connectivity index (χ0) is 13.8. The molecule has 19 heavy (non-hydrogen) atoms. The molecular weight excluding hydrogens is 289 g/mol. The fraction of sp³-hybridized carbons (Fsp3) is 0.417. The zero-order valence-corrected chi connectivity index (χ0v) is 11.6. The van der Waals surface area contributed by atoms with Gasteiger partial charge in [0.1, 0.15) is 5.15 Å². The Hall–Kier alpha value is -1.33. The van der Waals surface area contributed by atoms with Gasteiger partial charge in [0.25, 0.3) is 5.91 Å². The molecule has 0 saturated heterocycles. The second kappa shape index (κ2) is 6.21. The Bertz CT molecular complexity index is 504. The van der Waals surface area contributed by atoms with Crippen LogP contribution < -0.4 is 10.6 Å². The Morgan fingerprint density at radius 1 is 1.37 bits per heavy atom. The minimum atomic E-state index is -0.367. The second-order valence-corrected chi connectivity index (χ2v) is 5.13. The van der Waals surface area contributed by atoms with Crippen molar-refractivity contribution in [3.05, 3.63) is 28.0 Å². The van der Waals surface area contributed by atoms with E-state index < -0.39 is 0 Å². The first-order valence-corrected chi connectivity index (χ1v) is 6.70. The van der Waals surface area contributed by atoms with Crippen molar-refractivity contribution in [2.45, 2.75) is 25.3 Å². The lowest BCUT2D eigenvalue weighted by atomic mass is 10.2. The third kappa shape index (κ3) is 4.36. The van der Waals surface area contributed by atoms with Gasteiger partial charge in [-0.05, 0) is 18.9 Å². The molecule has 1 aliphatic carbocycles. The third-order valence-corrected chi connectivity index (χ3v) is 3.15. The maximum absolute atomic E-state index is 11.8. The van der Waals surface area contributed by atoms with E-state index in [1.54, 1.807) is 0 Å². The van der Waals surface area contributed by atoms with E-state index in [1.165, 1.54) is 12.3 Å². The van der Waals surface area contributed by atoms with Crippen molar-refractivity contribution in [1.82, 2.24) is 15.6 Å². The molecule has 1 saturated carbocycles. The van der Waals surface area contributed by atoms with E-state index in [4.69, 9.17) is 23.2 Å². The number of halogens is 2. The van der Waals surface area contributed by atoms with Gasteiger partial charge in [-0.3, -0.25) is 9.59 Å². The molecule has 102 valence electrons. The predicted octanol–water partition coefficient (Wildman–Crippen LogP) is 1.79. The van der Waals surface area contributed by atoms with E-state index >= 15 is 0 Å². The van der Waals surface area contributed by atoms with Gasteiger partial charge >= 0.3 is 0 Å². The summed E-state index contributed by atoms with van der Waals surface area (Å²) in [5.74, 6) is -0.421. The van der Waals surface area contributed by atoms with E-state index in [0.717, 1.165) is 12.8 Å². The fourth-order valence-corrected chi connectivity index (χ4v) is 1.85. The molecule has 0 aliphatic heterocycles. The quantitative estimate of drug-likeness (QED) is 0.815. The molecule has 5 nitrogen and oxygen atoms in total. The number of carbonyl (C=O) groups is 2. The molecule has 1 aromatic rings. The number of nitrogens with zero attached hydrogens (tertiary/aromatic N) is 1. The van der Waals surface area contributed by atoms with Crippen LogP contribution in [-0.4, -0.2) is 29.4 Å². The largest absolute Gasteiger partial charge is 0.353 e. The molecule has 7 heteroatoms. The molecule has 0 spiro atoms. The summed E-state index contributed by atoms with van der Waals surface area (Å²) in [4.78, 5) is 27.0. The van der Waals surface area contributed by atoms with Crippen LogP contribution in [0.15, 0.2) is 12.3 Å². The third-order valence-electron chi connectivity index (χ3n) is 2.65. The lowest BCUT2D eigenvalue weighted by molar-refractivity contribution is -0.121. The maximum atomic E-state index is 11.8. The van der Waals surface area contributed by atoms with Gasteiger partial charge in [0, 0.05) is 25.2 Å². The molecule has 2 N–H and O–H groups in total. The van der Waals surface area contributed by atoms with Crippen LogP contribution in [0.1, 0.15) is 29.6 Å².